The Morgan fingerprint density at radius 2 is 1.95 bits per heavy atom. The second-order valence-electron chi connectivity index (χ2n) is 5.72. The SMILES string of the molecule is Cc1nn(-c2ccccc2Cl)c(C)c1CCCNC(C)C. The quantitative estimate of drug-likeness (QED) is 0.815. The van der Waals surface area contributed by atoms with Gasteiger partial charge in [-0.3, -0.25) is 0 Å². The lowest BCUT2D eigenvalue weighted by Crippen LogP contribution is -2.24. The maximum atomic E-state index is 6.28. The van der Waals surface area contributed by atoms with Crippen LogP contribution in [0.3, 0.4) is 0 Å². The molecule has 0 amide bonds. The molecule has 0 aliphatic heterocycles. The van der Waals surface area contributed by atoms with Gasteiger partial charge in [-0.15, -0.1) is 0 Å². The van der Waals surface area contributed by atoms with Crippen LogP contribution in [0.2, 0.25) is 5.02 Å². The molecule has 0 atom stereocenters. The van der Waals surface area contributed by atoms with Crippen molar-refractivity contribution in [3.05, 3.63) is 46.2 Å². The van der Waals surface area contributed by atoms with E-state index in [1.165, 1.54) is 11.3 Å². The Bertz CT molecular complexity index is 602. The molecule has 0 aliphatic carbocycles. The van der Waals surface area contributed by atoms with E-state index in [1.807, 2.05) is 28.9 Å². The zero-order valence-corrected chi connectivity index (χ0v) is 14.0. The summed E-state index contributed by atoms with van der Waals surface area (Å²) in [4.78, 5) is 0. The zero-order valence-electron chi connectivity index (χ0n) is 13.3. The van der Waals surface area contributed by atoms with E-state index in [1.54, 1.807) is 0 Å². The first-order valence-electron chi connectivity index (χ1n) is 7.54. The number of aromatic nitrogens is 2. The summed E-state index contributed by atoms with van der Waals surface area (Å²) < 4.78 is 1.96. The molecule has 114 valence electrons. The molecule has 0 bridgehead atoms. The normalized spacial score (nSPS) is 11.3. The van der Waals surface area contributed by atoms with Crippen LogP contribution in [0.1, 0.15) is 37.2 Å². The minimum atomic E-state index is 0.540. The second kappa shape index (κ2) is 7.10. The average molecular weight is 306 g/mol. The summed E-state index contributed by atoms with van der Waals surface area (Å²) in [6.45, 7) is 9.58. The third kappa shape index (κ3) is 3.86. The zero-order chi connectivity index (χ0) is 15.4. The van der Waals surface area contributed by atoms with Gasteiger partial charge in [0.25, 0.3) is 0 Å². The first-order valence-corrected chi connectivity index (χ1v) is 7.92. The Kier molecular flexibility index (Phi) is 5.43. The molecule has 0 unspecified atom stereocenters. The molecule has 1 aromatic carbocycles. The summed E-state index contributed by atoms with van der Waals surface area (Å²) in [6.07, 6.45) is 2.16. The van der Waals surface area contributed by atoms with E-state index < -0.39 is 0 Å². The van der Waals surface area contributed by atoms with Gasteiger partial charge < -0.3 is 5.32 Å². The fourth-order valence-corrected chi connectivity index (χ4v) is 2.77. The number of para-hydroxylation sites is 1. The number of rotatable bonds is 6. The number of hydrogen-bond acceptors (Lipinski definition) is 2. The number of benzene rings is 1. The van der Waals surface area contributed by atoms with Crippen molar-refractivity contribution in [2.24, 2.45) is 0 Å². The molecule has 1 heterocycles. The van der Waals surface area contributed by atoms with Crippen LogP contribution in [0.5, 0.6) is 0 Å². The average Bonchev–Trinajstić information content (AvgIpc) is 2.71. The van der Waals surface area contributed by atoms with Gasteiger partial charge in [-0.1, -0.05) is 37.6 Å². The van der Waals surface area contributed by atoms with Crippen LogP contribution in [-0.2, 0) is 6.42 Å². The minimum absolute atomic E-state index is 0.540. The number of nitrogens with one attached hydrogen (secondary N) is 1. The van der Waals surface area contributed by atoms with Crippen molar-refractivity contribution in [2.45, 2.75) is 46.6 Å². The molecule has 2 aromatic rings. The summed E-state index contributed by atoms with van der Waals surface area (Å²) in [6, 6.07) is 8.38. The molecule has 1 aromatic heterocycles. The topological polar surface area (TPSA) is 29.9 Å². The van der Waals surface area contributed by atoms with Crippen molar-refractivity contribution in [3.63, 3.8) is 0 Å². The van der Waals surface area contributed by atoms with Crippen LogP contribution in [0.25, 0.3) is 5.69 Å². The van der Waals surface area contributed by atoms with E-state index >= 15 is 0 Å². The Morgan fingerprint density at radius 1 is 1.24 bits per heavy atom. The molecule has 0 saturated heterocycles. The highest BCUT2D eigenvalue weighted by Crippen LogP contribution is 2.24. The first kappa shape index (κ1) is 16.1. The van der Waals surface area contributed by atoms with Crippen LogP contribution >= 0.6 is 11.6 Å². The van der Waals surface area contributed by atoms with E-state index in [0.717, 1.165) is 35.8 Å². The van der Waals surface area contributed by atoms with Crippen LogP contribution in [0, 0.1) is 13.8 Å². The van der Waals surface area contributed by atoms with Gasteiger partial charge in [0.15, 0.2) is 0 Å². The molecule has 3 nitrogen and oxygen atoms in total. The molecule has 0 aliphatic rings. The molecule has 1 N–H and O–H groups in total. The predicted octanol–water partition coefficient (Wildman–Crippen LogP) is 4.07. The summed E-state index contributed by atoms with van der Waals surface area (Å²) in [5.41, 5.74) is 4.56. The Hall–Kier alpha value is -1.32. The van der Waals surface area contributed by atoms with Crippen molar-refractivity contribution in [1.29, 1.82) is 0 Å². The van der Waals surface area contributed by atoms with Gasteiger partial charge in [0.05, 0.1) is 16.4 Å². The minimum Gasteiger partial charge on any atom is -0.315 e. The van der Waals surface area contributed by atoms with Crippen molar-refractivity contribution in [3.8, 4) is 5.69 Å². The largest absolute Gasteiger partial charge is 0.315 e. The fourth-order valence-electron chi connectivity index (χ4n) is 2.55. The summed E-state index contributed by atoms with van der Waals surface area (Å²) in [5.74, 6) is 0. The molecular formula is C17H24ClN3. The lowest BCUT2D eigenvalue weighted by Gasteiger charge is -2.09. The Morgan fingerprint density at radius 3 is 2.62 bits per heavy atom. The summed E-state index contributed by atoms with van der Waals surface area (Å²) >= 11 is 6.28. The van der Waals surface area contributed by atoms with Gasteiger partial charge >= 0.3 is 0 Å². The van der Waals surface area contributed by atoms with Crippen LogP contribution in [0.4, 0.5) is 0 Å². The second-order valence-corrected chi connectivity index (χ2v) is 6.13. The number of nitrogens with zero attached hydrogens (tertiary/aromatic N) is 2. The van der Waals surface area contributed by atoms with Crippen molar-refractivity contribution in [2.75, 3.05) is 6.54 Å². The van der Waals surface area contributed by atoms with Crippen molar-refractivity contribution < 1.29 is 0 Å². The lowest BCUT2D eigenvalue weighted by atomic mass is 10.1. The smallest absolute Gasteiger partial charge is 0.0835 e. The molecule has 21 heavy (non-hydrogen) atoms. The predicted molar refractivity (Wildman–Crippen MR) is 89.5 cm³/mol. The maximum Gasteiger partial charge on any atom is 0.0835 e. The van der Waals surface area contributed by atoms with Gasteiger partial charge in [-0.2, -0.15) is 5.10 Å². The number of hydrogen-bond donors (Lipinski definition) is 1. The van der Waals surface area contributed by atoms with Gasteiger partial charge in [-0.25, -0.2) is 4.68 Å². The molecule has 2 rings (SSSR count). The fraction of sp³-hybridized carbons (Fsp3) is 0.471. The van der Waals surface area contributed by atoms with Gasteiger partial charge in [0.2, 0.25) is 0 Å². The molecule has 0 radical (unpaired) electrons. The van der Waals surface area contributed by atoms with Crippen molar-refractivity contribution in [1.82, 2.24) is 15.1 Å². The Labute approximate surface area is 132 Å². The lowest BCUT2D eigenvalue weighted by molar-refractivity contribution is 0.570. The van der Waals surface area contributed by atoms with E-state index in [2.05, 4.69) is 38.1 Å². The highest BCUT2D eigenvalue weighted by atomic mass is 35.5. The van der Waals surface area contributed by atoms with E-state index in [4.69, 9.17) is 11.6 Å². The van der Waals surface area contributed by atoms with Crippen LogP contribution in [0.15, 0.2) is 24.3 Å². The Balaban J connectivity index is 2.16. The number of aryl methyl sites for hydroxylation is 1. The third-order valence-corrected chi connectivity index (χ3v) is 4.00. The van der Waals surface area contributed by atoms with Crippen LogP contribution in [-0.4, -0.2) is 22.4 Å². The van der Waals surface area contributed by atoms with Gasteiger partial charge in [0.1, 0.15) is 0 Å². The molecule has 0 fully saturated rings. The van der Waals surface area contributed by atoms with E-state index in [9.17, 15) is 0 Å². The summed E-state index contributed by atoms with van der Waals surface area (Å²) in [5, 5.41) is 8.85. The molecule has 4 heteroatoms. The van der Waals surface area contributed by atoms with Gasteiger partial charge in [0, 0.05) is 11.7 Å². The monoisotopic (exact) mass is 305 g/mol. The van der Waals surface area contributed by atoms with Crippen LogP contribution < -0.4 is 5.32 Å². The standard InChI is InChI=1S/C17H24ClN3/c1-12(2)19-11-7-8-15-13(3)20-21(14(15)4)17-10-6-5-9-16(17)18/h5-6,9-10,12,19H,7-8,11H2,1-4H3. The molecular weight excluding hydrogens is 282 g/mol. The van der Waals surface area contributed by atoms with E-state index in [-0.39, 0.29) is 0 Å². The van der Waals surface area contributed by atoms with Gasteiger partial charge in [-0.05, 0) is 50.9 Å². The highest BCUT2D eigenvalue weighted by molar-refractivity contribution is 6.32. The maximum absolute atomic E-state index is 6.28. The summed E-state index contributed by atoms with van der Waals surface area (Å²) in [7, 11) is 0. The van der Waals surface area contributed by atoms with E-state index in [0.29, 0.717) is 6.04 Å². The third-order valence-electron chi connectivity index (χ3n) is 3.68. The highest BCUT2D eigenvalue weighted by Gasteiger charge is 2.14. The molecule has 0 saturated carbocycles. The van der Waals surface area contributed by atoms with Crippen molar-refractivity contribution >= 4 is 11.6 Å². The number of halogens is 1. The molecule has 0 spiro atoms. The first-order chi connectivity index (χ1) is 10.0.